The minimum atomic E-state index is -0.696. The van der Waals surface area contributed by atoms with Gasteiger partial charge in [-0.05, 0) is 54.2 Å². The van der Waals surface area contributed by atoms with Gasteiger partial charge in [-0.1, -0.05) is 17.7 Å². The van der Waals surface area contributed by atoms with Gasteiger partial charge in [0.15, 0.2) is 10.9 Å². The highest BCUT2D eigenvalue weighted by Gasteiger charge is 2.34. The van der Waals surface area contributed by atoms with Gasteiger partial charge in [0.25, 0.3) is 11.8 Å². The summed E-state index contributed by atoms with van der Waals surface area (Å²) < 4.78 is 4.95. The lowest BCUT2D eigenvalue weighted by Gasteiger charge is -2.28. The fourth-order valence-corrected chi connectivity index (χ4v) is 3.00. The summed E-state index contributed by atoms with van der Waals surface area (Å²) in [5.74, 6) is -1.29. The van der Waals surface area contributed by atoms with E-state index in [9.17, 15) is 19.7 Å². The van der Waals surface area contributed by atoms with Gasteiger partial charge >= 0.3 is 5.69 Å². The van der Waals surface area contributed by atoms with E-state index < -0.39 is 16.7 Å². The maximum Gasteiger partial charge on any atom is 0.311 e. The van der Waals surface area contributed by atoms with Crippen molar-refractivity contribution in [2.24, 2.45) is 0 Å². The largest absolute Gasteiger partial charge is 0.490 e. The van der Waals surface area contributed by atoms with E-state index in [2.05, 4.69) is 5.32 Å². The molecule has 1 saturated heterocycles. The van der Waals surface area contributed by atoms with E-state index in [1.54, 1.807) is 24.3 Å². The zero-order valence-corrected chi connectivity index (χ0v) is 15.9. The summed E-state index contributed by atoms with van der Waals surface area (Å²) in [4.78, 5) is 36.9. The van der Waals surface area contributed by atoms with Gasteiger partial charge in [-0.2, -0.15) is 0 Å². The van der Waals surface area contributed by atoms with Crippen molar-refractivity contribution in [1.82, 2.24) is 5.32 Å². The SMILES string of the molecule is COc1ccc(C=C2C(=O)NC(=S)N(c3ccc(Cl)cc3)C2=O)cc1[N+](=O)[O-]. The van der Waals surface area contributed by atoms with E-state index in [-0.39, 0.29) is 27.7 Å². The Labute approximate surface area is 169 Å². The van der Waals surface area contributed by atoms with E-state index >= 15 is 0 Å². The number of ether oxygens (including phenoxy) is 1. The number of nitro groups is 1. The Kier molecular flexibility index (Phi) is 5.39. The predicted octanol–water partition coefficient (Wildman–Crippen LogP) is 3.09. The maximum atomic E-state index is 12.9. The smallest absolute Gasteiger partial charge is 0.311 e. The molecular weight excluding hydrogens is 406 g/mol. The van der Waals surface area contributed by atoms with Crippen LogP contribution in [0.1, 0.15) is 5.56 Å². The molecule has 0 atom stereocenters. The zero-order valence-electron chi connectivity index (χ0n) is 14.3. The molecule has 142 valence electrons. The molecule has 1 N–H and O–H groups in total. The number of nitrogens with zero attached hydrogens (tertiary/aromatic N) is 2. The molecule has 1 heterocycles. The monoisotopic (exact) mass is 417 g/mol. The first kappa shape index (κ1) is 19.5. The van der Waals surface area contributed by atoms with Crippen LogP contribution >= 0.6 is 23.8 Å². The highest BCUT2D eigenvalue weighted by atomic mass is 35.5. The fourth-order valence-electron chi connectivity index (χ4n) is 2.59. The summed E-state index contributed by atoms with van der Waals surface area (Å²) in [6, 6.07) is 10.4. The normalized spacial score (nSPS) is 15.6. The molecule has 0 saturated carbocycles. The molecule has 1 aliphatic rings. The van der Waals surface area contributed by atoms with Gasteiger partial charge in [-0.3, -0.25) is 29.9 Å². The van der Waals surface area contributed by atoms with E-state index in [4.69, 9.17) is 28.6 Å². The number of thiocarbonyl (C=S) groups is 1. The summed E-state index contributed by atoms with van der Waals surface area (Å²) in [7, 11) is 1.31. The number of hydrogen-bond donors (Lipinski definition) is 1. The van der Waals surface area contributed by atoms with Crippen LogP contribution in [0.15, 0.2) is 48.0 Å². The van der Waals surface area contributed by atoms with Crippen LogP contribution in [0.2, 0.25) is 5.02 Å². The average molecular weight is 418 g/mol. The first-order valence-electron chi connectivity index (χ1n) is 7.81. The Morgan fingerprint density at radius 1 is 1.21 bits per heavy atom. The number of nitro benzene ring substituents is 1. The van der Waals surface area contributed by atoms with Crippen LogP contribution in [-0.2, 0) is 9.59 Å². The van der Waals surface area contributed by atoms with Crippen molar-refractivity contribution in [3.05, 3.63) is 68.7 Å². The zero-order chi connectivity index (χ0) is 20.4. The van der Waals surface area contributed by atoms with Crippen molar-refractivity contribution in [2.45, 2.75) is 0 Å². The summed E-state index contributed by atoms with van der Waals surface area (Å²) in [6.07, 6.45) is 1.26. The number of anilines is 1. The number of amides is 2. The van der Waals surface area contributed by atoms with E-state index in [0.29, 0.717) is 10.7 Å². The van der Waals surface area contributed by atoms with Gasteiger partial charge in [-0.25, -0.2) is 0 Å². The fraction of sp³-hybridized carbons (Fsp3) is 0.0556. The van der Waals surface area contributed by atoms with Crippen LogP contribution in [0.25, 0.3) is 6.08 Å². The third-order valence-electron chi connectivity index (χ3n) is 3.90. The molecule has 3 rings (SSSR count). The third-order valence-corrected chi connectivity index (χ3v) is 4.43. The topological polar surface area (TPSA) is 102 Å². The number of rotatable bonds is 4. The Hall–Kier alpha value is -3.30. The van der Waals surface area contributed by atoms with Crippen LogP contribution in [0, 0.1) is 10.1 Å². The quantitative estimate of drug-likeness (QED) is 0.269. The van der Waals surface area contributed by atoms with Crippen LogP contribution < -0.4 is 15.0 Å². The third kappa shape index (κ3) is 3.71. The maximum absolute atomic E-state index is 12.9. The number of nitrogens with one attached hydrogen (secondary N) is 1. The summed E-state index contributed by atoms with van der Waals surface area (Å²) in [5.41, 5.74) is 0.203. The van der Waals surface area contributed by atoms with E-state index in [0.717, 1.165) is 4.90 Å². The number of methoxy groups -OCH3 is 1. The molecule has 10 heteroatoms. The highest BCUT2D eigenvalue weighted by molar-refractivity contribution is 7.80. The lowest BCUT2D eigenvalue weighted by molar-refractivity contribution is -0.385. The standard InChI is InChI=1S/C18H12ClN3O5S/c1-27-15-7-2-10(9-14(15)22(25)26)8-13-16(23)20-18(28)21(17(13)24)12-5-3-11(19)4-6-12/h2-9H,1H3,(H,20,23,28). The molecule has 1 fully saturated rings. The summed E-state index contributed by atoms with van der Waals surface area (Å²) in [5, 5.41) is 14.0. The van der Waals surface area contributed by atoms with Crippen LogP contribution in [0.4, 0.5) is 11.4 Å². The average Bonchev–Trinajstić information content (AvgIpc) is 2.66. The van der Waals surface area contributed by atoms with Crippen molar-refractivity contribution in [1.29, 1.82) is 0 Å². The first-order valence-corrected chi connectivity index (χ1v) is 8.60. The predicted molar refractivity (Wildman–Crippen MR) is 107 cm³/mol. The molecular formula is C18H12ClN3O5S. The van der Waals surface area contributed by atoms with Gasteiger partial charge in [0.05, 0.1) is 17.7 Å². The number of carbonyl (C=O) groups excluding carboxylic acids is 2. The lowest BCUT2D eigenvalue weighted by Crippen LogP contribution is -2.54. The van der Waals surface area contributed by atoms with Crippen LogP contribution in [0.5, 0.6) is 5.75 Å². The van der Waals surface area contributed by atoms with Crippen molar-refractivity contribution < 1.29 is 19.2 Å². The Morgan fingerprint density at radius 3 is 2.50 bits per heavy atom. The Balaban J connectivity index is 2.03. The molecule has 0 aliphatic carbocycles. The Bertz CT molecular complexity index is 1040. The minimum absolute atomic E-state index is 0.0653. The van der Waals surface area contributed by atoms with Gasteiger partial charge in [-0.15, -0.1) is 0 Å². The summed E-state index contributed by atoms with van der Waals surface area (Å²) in [6.45, 7) is 0. The Morgan fingerprint density at radius 2 is 1.89 bits per heavy atom. The molecule has 0 unspecified atom stereocenters. The van der Waals surface area contributed by atoms with E-state index in [1.165, 1.54) is 31.4 Å². The van der Waals surface area contributed by atoms with E-state index in [1.807, 2.05) is 0 Å². The number of halogens is 1. The van der Waals surface area contributed by atoms with Crippen molar-refractivity contribution in [3.63, 3.8) is 0 Å². The van der Waals surface area contributed by atoms with Gasteiger partial charge in [0.1, 0.15) is 5.57 Å². The highest BCUT2D eigenvalue weighted by Crippen LogP contribution is 2.29. The van der Waals surface area contributed by atoms with Crippen LogP contribution in [0.3, 0.4) is 0 Å². The molecule has 0 spiro atoms. The van der Waals surface area contributed by atoms with Crippen LogP contribution in [-0.4, -0.2) is 29.0 Å². The second kappa shape index (κ2) is 7.75. The van der Waals surface area contributed by atoms with Gasteiger partial charge in [0, 0.05) is 11.1 Å². The van der Waals surface area contributed by atoms with Gasteiger partial charge < -0.3 is 4.74 Å². The molecule has 0 radical (unpaired) electrons. The van der Waals surface area contributed by atoms with Crippen molar-refractivity contribution in [3.8, 4) is 5.75 Å². The molecule has 0 bridgehead atoms. The molecule has 28 heavy (non-hydrogen) atoms. The van der Waals surface area contributed by atoms with Gasteiger partial charge in [0.2, 0.25) is 0 Å². The minimum Gasteiger partial charge on any atom is -0.490 e. The summed E-state index contributed by atoms with van der Waals surface area (Å²) >= 11 is 11.0. The number of hydrogen-bond acceptors (Lipinski definition) is 6. The first-order chi connectivity index (χ1) is 13.3. The number of benzene rings is 2. The lowest BCUT2D eigenvalue weighted by atomic mass is 10.1. The molecule has 0 aromatic heterocycles. The second-order valence-corrected chi connectivity index (χ2v) is 6.45. The van der Waals surface area contributed by atoms with Crippen molar-refractivity contribution >= 4 is 58.2 Å². The molecule has 2 amide bonds. The number of carbonyl (C=O) groups is 2. The molecule has 2 aromatic rings. The van der Waals surface area contributed by atoms with Crippen molar-refractivity contribution in [2.75, 3.05) is 12.0 Å². The second-order valence-electron chi connectivity index (χ2n) is 5.62. The molecule has 1 aliphatic heterocycles. The molecule has 2 aromatic carbocycles. The molecule has 8 nitrogen and oxygen atoms in total.